The van der Waals surface area contributed by atoms with Gasteiger partial charge in [-0.05, 0) is 45.3 Å². The van der Waals surface area contributed by atoms with E-state index >= 15 is 0 Å². The molecule has 3 aliphatic heterocycles. The van der Waals surface area contributed by atoms with Gasteiger partial charge in [0.2, 0.25) is 0 Å². The molecule has 1 aromatic rings. The highest BCUT2D eigenvalue weighted by atomic mass is 127. The molecular formula is C24H40IN5O2. The molecule has 0 aliphatic carbocycles. The van der Waals surface area contributed by atoms with Gasteiger partial charge in [0.1, 0.15) is 5.75 Å². The summed E-state index contributed by atoms with van der Waals surface area (Å²) in [6.07, 6.45) is 3.73. The molecular weight excluding hydrogens is 517 g/mol. The molecule has 2 atom stereocenters. The summed E-state index contributed by atoms with van der Waals surface area (Å²) in [5, 5.41) is 3.56. The number of aliphatic imine (C=N–C) groups is 1. The second-order valence-electron chi connectivity index (χ2n) is 8.73. The second kappa shape index (κ2) is 13.0. The molecule has 0 radical (unpaired) electrons. The van der Waals surface area contributed by atoms with Crippen molar-refractivity contribution < 1.29 is 9.47 Å². The van der Waals surface area contributed by atoms with Gasteiger partial charge in [0.25, 0.3) is 0 Å². The van der Waals surface area contributed by atoms with E-state index in [1.54, 1.807) is 7.11 Å². The van der Waals surface area contributed by atoms with Crippen LogP contribution in [-0.4, -0.2) is 99.4 Å². The molecule has 2 unspecified atom stereocenters. The third kappa shape index (κ3) is 6.27. The Morgan fingerprint density at radius 1 is 1.16 bits per heavy atom. The van der Waals surface area contributed by atoms with E-state index in [-0.39, 0.29) is 30.0 Å². The van der Waals surface area contributed by atoms with Crippen molar-refractivity contribution in [2.45, 2.75) is 38.3 Å². The van der Waals surface area contributed by atoms with Crippen molar-refractivity contribution in [2.75, 3.05) is 72.7 Å². The van der Waals surface area contributed by atoms with E-state index in [2.05, 4.69) is 45.1 Å². The lowest BCUT2D eigenvalue weighted by atomic mass is 10.0. The largest absolute Gasteiger partial charge is 0.496 e. The summed E-state index contributed by atoms with van der Waals surface area (Å²) in [5.74, 6) is 2.02. The molecule has 0 amide bonds. The maximum atomic E-state index is 5.70. The zero-order valence-corrected chi connectivity index (χ0v) is 22.0. The average Bonchev–Trinajstić information content (AvgIpc) is 3.52. The molecule has 0 bridgehead atoms. The first kappa shape index (κ1) is 25.5. The molecule has 0 aromatic heterocycles. The summed E-state index contributed by atoms with van der Waals surface area (Å²) in [6, 6.07) is 9.30. The van der Waals surface area contributed by atoms with E-state index in [9.17, 15) is 0 Å². The highest BCUT2D eigenvalue weighted by Gasteiger charge is 2.31. The number of guanidine groups is 1. The fourth-order valence-corrected chi connectivity index (χ4v) is 5.18. The van der Waals surface area contributed by atoms with E-state index in [1.807, 2.05) is 6.07 Å². The fraction of sp³-hybridized carbons (Fsp3) is 0.708. The van der Waals surface area contributed by atoms with Crippen LogP contribution in [0.1, 0.15) is 37.8 Å². The van der Waals surface area contributed by atoms with E-state index in [1.165, 1.54) is 24.8 Å². The minimum Gasteiger partial charge on any atom is -0.496 e. The van der Waals surface area contributed by atoms with E-state index in [4.69, 9.17) is 14.5 Å². The van der Waals surface area contributed by atoms with E-state index in [0.29, 0.717) is 6.04 Å². The molecule has 3 saturated heterocycles. The minimum atomic E-state index is 0. The zero-order chi connectivity index (χ0) is 21.5. The lowest BCUT2D eigenvalue weighted by molar-refractivity contribution is 0.0195. The molecule has 3 heterocycles. The van der Waals surface area contributed by atoms with Crippen LogP contribution in [0, 0.1) is 0 Å². The van der Waals surface area contributed by atoms with Crippen LogP contribution in [0.25, 0.3) is 0 Å². The molecule has 180 valence electrons. The van der Waals surface area contributed by atoms with Crippen molar-refractivity contribution in [3.8, 4) is 5.75 Å². The number of nitrogens with zero attached hydrogens (tertiary/aromatic N) is 4. The van der Waals surface area contributed by atoms with Gasteiger partial charge in [0, 0.05) is 44.3 Å². The Balaban J connectivity index is 0.00000289. The summed E-state index contributed by atoms with van der Waals surface area (Å²) in [6.45, 7) is 12.0. The quantitative estimate of drug-likeness (QED) is 0.316. The standard InChI is InChI=1S/C24H39N5O2.HI/c1-3-25-24(29-13-10-20(19-29)27-14-16-31-17-15-27)26-18-22(28-11-6-7-12-28)21-8-4-5-9-23(21)30-2;/h4-5,8-9,20,22H,3,6-7,10-19H2,1-2H3,(H,25,26);1H. The van der Waals surface area contributed by atoms with E-state index in [0.717, 1.165) is 77.3 Å². The number of methoxy groups -OCH3 is 1. The molecule has 3 aliphatic rings. The number of benzene rings is 1. The van der Waals surface area contributed by atoms with Crippen LogP contribution in [0.4, 0.5) is 0 Å². The van der Waals surface area contributed by atoms with Crippen LogP contribution in [0.2, 0.25) is 0 Å². The molecule has 7 nitrogen and oxygen atoms in total. The number of hydrogen-bond acceptors (Lipinski definition) is 5. The van der Waals surface area contributed by atoms with Crippen molar-refractivity contribution in [3.05, 3.63) is 29.8 Å². The number of likely N-dealkylation sites (tertiary alicyclic amines) is 2. The number of ether oxygens (including phenoxy) is 2. The van der Waals surface area contributed by atoms with Crippen LogP contribution in [0.3, 0.4) is 0 Å². The van der Waals surface area contributed by atoms with Crippen LogP contribution < -0.4 is 10.1 Å². The first-order valence-corrected chi connectivity index (χ1v) is 12.0. The predicted molar refractivity (Wildman–Crippen MR) is 140 cm³/mol. The van der Waals surface area contributed by atoms with Crippen LogP contribution in [-0.2, 0) is 4.74 Å². The average molecular weight is 558 g/mol. The van der Waals surface area contributed by atoms with Crippen LogP contribution in [0.5, 0.6) is 5.75 Å². The van der Waals surface area contributed by atoms with E-state index < -0.39 is 0 Å². The zero-order valence-electron chi connectivity index (χ0n) is 19.7. The van der Waals surface area contributed by atoms with Gasteiger partial charge in [-0.15, -0.1) is 24.0 Å². The van der Waals surface area contributed by atoms with Crippen molar-refractivity contribution >= 4 is 29.9 Å². The Bertz CT molecular complexity index is 722. The summed E-state index contributed by atoms with van der Waals surface area (Å²) in [5.41, 5.74) is 1.25. The molecule has 4 rings (SSSR count). The third-order valence-corrected chi connectivity index (χ3v) is 6.85. The summed E-state index contributed by atoms with van der Waals surface area (Å²) in [4.78, 5) is 12.8. The Hall–Kier alpha value is -1.10. The molecule has 1 N–H and O–H groups in total. The summed E-state index contributed by atoms with van der Waals surface area (Å²) >= 11 is 0. The van der Waals surface area contributed by atoms with Gasteiger partial charge in [-0.2, -0.15) is 0 Å². The molecule has 1 aromatic carbocycles. The third-order valence-electron chi connectivity index (χ3n) is 6.85. The smallest absolute Gasteiger partial charge is 0.194 e. The number of rotatable bonds is 7. The van der Waals surface area contributed by atoms with Crippen molar-refractivity contribution in [3.63, 3.8) is 0 Å². The van der Waals surface area contributed by atoms with Crippen LogP contribution in [0.15, 0.2) is 29.3 Å². The van der Waals surface area contributed by atoms with Gasteiger partial charge in [0.15, 0.2) is 5.96 Å². The Kier molecular flexibility index (Phi) is 10.3. The Morgan fingerprint density at radius 3 is 2.62 bits per heavy atom. The number of hydrogen-bond donors (Lipinski definition) is 1. The summed E-state index contributed by atoms with van der Waals surface area (Å²) in [7, 11) is 1.77. The van der Waals surface area contributed by atoms with Gasteiger partial charge in [0.05, 0.1) is 32.9 Å². The lowest BCUT2D eigenvalue weighted by Gasteiger charge is -2.32. The first-order chi connectivity index (χ1) is 15.3. The fourth-order valence-electron chi connectivity index (χ4n) is 5.18. The Morgan fingerprint density at radius 2 is 1.91 bits per heavy atom. The maximum Gasteiger partial charge on any atom is 0.194 e. The van der Waals surface area contributed by atoms with Crippen molar-refractivity contribution in [1.29, 1.82) is 0 Å². The number of para-hydroxylation sites is 1. The highest BCUT2D eigenvalue weighted by Crippen LogP contribution is 2.32. The van der Waals surface area contributed by atoms with Gasteiger partial charge in [-0.3, -0.25) is 14.8 Å². The normalized spacial score (nSPS) is 23.8. The molecule has 8 heteroatoms. The summed E-state index contributed by atoms with van der Waals surface area (Å²) < 4.78 is 11.2. The van der Waals surface area contributed by atoms with Crippen molar-refractivity contribution in [2.24, 2.45) is 4.99 Å². The Labute approximate surface area is 210 Å². The van der Waals surface area contributed by atoms with Gasteiger partial charge in [-0.25, -0.2) is 0 Å². The topological polar surface area (TPSA) is 52.6 Å². The number of nitrogens with one attached hydrogen (secondary N) is 1. The second-order valence-corrected chi connectivity index (χ2v) is 8.73. The van der Waals surface area contributed by atoms with Gasteiger partial charge >= 0.3 is 0 Å². The lowest BCUT2D eigenvalue weighted by Crippen LogP contribution is -2.46. The predicted octanol–water partition coefficient (Wildman–Crippen LogP) is 2.82. The SMILES string of the molecule is CCNC(=NCC(c1ccccc1OC)N1CCCC1)N1CCC(N2CCOCC2)C1.I. The molecule has 32 heavy (non-hydrogen) atoms. The molecule has 3 fully saturated rings. The monoisotopic (exact) mass is 557 g/mol. The molecule has 0 spiro atoms. The van der Waals surface area contributed by atoms with Gasteiger partial charge in [-0.1, -0.05) is 18.2 Å². The number of halogens is 1. The minimum absolute atomic E-state index is 0. The molecule has 0 saturated carbocycles. The first-order valence-electron chi connectivity index (χ1n) is 12.0. The number of morpholine rings is 1. The van der Waals surface area contributed by atoms with Crippen molar-refractivity contribution in [1.82, 2.24) is 20.0 Å². The highest BCUT2D eigenvalue weighted by molar-refractivity contribution is 14.0. The maximum absolute atomic E-state index is 5.70. The van der Waals surface area contributed by atoms with Gasteiger partial charge < -0.3 is 19.7 Å². The van der Waals surface area contributed by atoms with Crippen LogP contribution >= 0.6 is 24.0 Å².